The van der Waals surface area contributed by atoms with E-state index in [1.807, 2.05) is 30.5 Å². The molecule has 0 bridgehead atoms. The van der Waals surface area contributed by atoms with E-state index in [0.717, 1.165) is 11.2 Å². The Morgan fingerprint density at radius 3 is 3.00 bits per heavy atom. The van der Waals surface area contributed by atoms with Gasteiger partial charge in [0, 0.05) is 17.4 Å². The molecule has 1 aromatic carbocycles. The minimum absolute atomic E-state index is 0.371. The van der Waals surface area contributed by atoms with Crippen molar-refractivity contribution in [1.82, 2.24) is 15.0 Å². The maximum atomic E-state index is 5.77. The Labute approximate surface area is 103 Å². The number of hydrogen-bond donors (Lipinski definition) is 2. The predicted octanol–water partition coefficient (Wildman–Crippen LogP) is 3.35. The van der Waals surface area contributed by atoms with Crippen molar-refractivity contribution in [3.8, 4) is 0 Å². The number of anilines is 2. The summed E-state index contributed by atoms with van der Waals surface area (Å²) in [6, 6.07) is 8.06. The van der Waals surface area contributed by atoms with Gasteiger partial charge >= 0.3 is 0 Å². The van der Waals surface area contributed by atoms with Crippen LogP contribution in [-0.4, -0.2) is 15.0 Å². The smallest absolute Gasteiger partial charge is 0.150 e. The lowest BCUT2D eigenvalue weighted by atomic mass is 10.2. The summed E-state index contributed by atoms with van der Waals surface area (Å²) in [5.41, 5.74) is 2.02. The molecule has 0 amide bonds. The summed E-state index contributed by atoms with van der Waals surface area (Å²) in [7, 11) is 0. The van der Waals surface area contributed by atoms with E-state index in [1.54, 1.807) is 6.20 Å². The molecule has 0 unspecified atom stereocenters. The number of halogens is 1. The van der Waals surface area contributed by atoms with E-state index in [0.29, 0.717) is 11.0 Å². The molecule has 0 saturated heterocycles. The molecule has 2 N–H and O–H groups in total. The number of fused-ring (bicyclic) bond motifs is 1. The highest BCUT2D eigenvalue weighted by atomic mass is 35.5. The summed E-state index contributed by atoms with van der Waals surface area (Å²) in [4.78, 5) is 11.2. The van der Waals surface area contributed by atoms with Gasteiger partial charge in [-0.2, -0.15) is 0 Å². The first-order valence-electron chi connectivity index (χ1n) is 5.13. The highest BCUT2D eigenvalue weighted by Crippen LogP contribution is 2.20. The van der Waals surface area contributed by atoms with E-state index < -0.39 is 0 Å². The first-order chi connectivity index (χ1) is 8.31. The molecule has 0 aliphatic rings. The molecule has 0 aliphatic heterocycles. The second-order valence-electron chi connectivity index (χ2n) is 3.63. The number of benzene rings is 1. The van der Waals surface area contributed by atoms with Crippen LogP contribution in [0.5, 0.6) is 0 Å². The van der Waals surface area contributed by atoms with Gasteiger partial charge in [-0.15, -0.1) is 0 Å². The van der Waals surface area contributed by atoms with Gasteiger partial charge in [-0.05, 0) is 23.6 Å². The van der Waals surface area contributed by atoms with E-state index in [-0.39, 0.29) is 0 Å². The Morgan fingerprint density at radius 2 is 2.12 bits per heavy atom. The number of aromatic nitrogens is 3. The van der Waals surface area contributed by atoms with Crippen LogP contribution in [0.15, 0.2) is 42.9 Å². The molecule has 0 fully saturated rings. The van der Waals surface area contributed by atoms with Crippen molar-refractivity contribution in [2.24, 2.45) is 0 Å². The van der Waals surface area contributed by atoms with Gasteiger partial charge in [-0.3, -0.25) is 4.98 Å². The van der Waals surface area contributed by atoms with Gasteiger partial charge in [0.25, 0.3) is 0 Å². The highest BCUT2D eigenvalue weighted by Gasteiger charge is 2.00. The number of hydrogen-bond acceptors (Lipinski definition) is 3. The minimum atomic E-state index is 0.371. The molecule has 2 heterocycles. The van der Waals surface area contributed by atoms with Crippen molar-refractivity contribution >= 4 is 34.0 Å². The van der Waals surface area contributed by atoms with Crippen LogP contribution < -0.4 is 5.32 Å². The zero-order valence-electron chi connectivity index (χ0n) is 8.81. The van der Waals surface area contributed by atoms with Gasteiger partial charge < -0.3 is 10.3 Å². The third-order valence-corrected chi connectivity index (χ3v) is 2.61. The molecular formula is C12H9ClN4. The summed E-state index contributed by atoms with van der Waals surface area (Å²) in [5.74, 6) is 0.628. The fourth-order valence-electron chi connectivity index (χ4n) is 1.68. The molecule has 84 valence electrons. The molecule has 4 nitrogen and oxygen atoms in total. The molecule has 5 heteroatoms. The van der Waals surface area contributed by atoms with Crippen LogP contribution in [0.25, 0.3) is 10.9 Å². The molecular weight excluding hydrogens is 236 g/mol. The molecule has 0 aliphatic carbocycles. The first kappa shape index (κ1) is 10.1. The lowest BCUT2D eigenvalue weighted by Crippen LogP contribution is -1.94. The number of H-pyrrole nitrogens is 1. The fraction of sp³-hybridized carbons (Fsp3) is 0. The van der Waals surface area contributed by atoms with Crippen molar-refractivity contribution in [3.63, 3.8) is 0 Å². The monoisotopic (exact) mass is 244 g/mol. The number of nitrogens with one attached hydrogen (secondary N) is 2. The van der Waals surface area contributed by atoms with Crippen LogP contribution in [0, 0.1) is 0 Å². The Kier molecular flexibility index (Phi) is 2.42. The molecule has 0 saturated carbocycles. The lowest BCUT2D eigenvalue weighted by Gasteiger charge is -2.05. The maximum Gasteiger partial charge on any atom is 0.150 e. The molecule has 3 rings (SSSR count). The molecule has 0 spiro atoms. The Bertz CT molecular complexity index is 662. The Balaban J connectivity index is 1.94. The molecule has 2 aromatic heterocycles. The average molecular weight is 245 g/mol. The Hall–Kier alpha value is -2.07. The van der Waals surface area contributed by atoms with Gasteiger partial charge in [0.15, 0.2) is 5.82 Å². The summed E-state index contributed by atoms with van der Waals surface area (Å²) < 4.78 is 0. The van der Waals surface area contributed by atoms with E-state index in [1.165, 1.54) is 11.6 Å². The summed E-state index contributed by atoms with van der Waals surface area (Å²) in [6.45, 7) is 0. The SMILES string of the molecule is Clc1cncc(Nc2ccc3cc[nH]c3c2)n1. The van der Waals surface area contributed by atoms with Gasteiger partial charge in [0.2, 0.25) is 0 Å². The van der Waals surface area contributed by atoms with Crippen LogP contribution in [-0.2, 0) is 0 Å². The largest absolute Gasteiger partial charge is 0.361 e. The van der Waals surface area contributed by atoms with Gasteiger partial charge in [-0.1, -0.05) is 17.7 Å². The first-order valence-corrected chi connectivity index (χ1v) is 5.51. The van der Waals surface area contributed by atoms with Crippen molar-refractivity contribution < 1.29 is 0 Å². The van der Waals surface area contributed by atoms with Crippen LogP contribution in [0.2, 0.25) is 5.15 Å². The van der Waals surface area contributed by atoms with Gasteiger partial charge in [0.1, 0.15) is 5.15 Å². The predicted molar refractivity (Wildman–Crippen MR) is 68.6 cm³/mol. The number of nitrogens with zero attached hydrogens (tertiary/aromatic N) is 2. The normalized spacial score (nSPS) is 10.6. The lowest BCUT2D eigenvalue weighted by molar-refractivity contribution is 1.20. The van der Waals surface area contributed by atoms with Crippen LogP contribution >= 0.6 is 11.6 Å². The topological polar surface area (TPSA) is 53.6 Å². The summed E-state index contributed by atoms with van der Waals surface area (Å²) >= 11 is 5.77. The standard InChI is InChI=1S/C12H9ClN4/c13-11-6-14-7-12(17-11)16-9-2-1-8-3-4-15-10(8)5-9/h1-7,15H,(H,16,17). The highest BCUT2D eigenvalue weighted by molar-refractivity contribution is 6.29. The van der Waals surface area contributed by atoms with E-state index in [2.05, 4.69) is 20.3 Å². The Morgan fingerprint density at radius 1 is 1.18 bits per heavy atom. The minimum Gasteiger partial charge on any atom is -0.361 e. The molecule has 17 heavy (non-hydrogen) atoms. The average Bonchev–Trinajstić information content (AvgIpc) is 2.76. The number of rotatable bonds is 2. The quantitative estimate of drug-likeness (QED) is 0.727. The third kappa shape index (κ3) is 2.07. The van der Waals surface area contributed by atoms with Crippen LogP contribution in [0.4, 0.5) is 11.5 Å². The van der Waals surface area contributed by atoms with Gasteiger partial charge in [-0.25, -0.2) is 4.98 Å². The second-order valence-corrected chi connectivity index (χ2v) is 4.02. The molecule has 0 radical (unpaired) electrons. The van der Waals surface area contributed by atoms with Gasteiger partial charge in [0.05, 0.1) is 12.4 Å². The number of aromatic amines is 1. The van der Waals surface area contributed by atoms with Crippen LogP contribution in [0.1, 0.15) is 0 Å². The summed E-state index contributed by atoms with van der Waals surface area (Å²) in [5, 5.41) is 4.69. The van der Waals surface area contributed by atoms with Crippen molar-refractivity contribution in [3.05, 3.63) is 48.0 Å². The van der Waals surface area contributed by atoms with E-state index in [4.69, 9.17) is 11.6 Å². The zero-order chi connectivity index (χ0) is 11.7. The summed E-state index contributed by atoms with van der Waals surface area (Å²) in [6.07, 6.45) is 5.04. The fourth-order valence-corrected chi connectivity index (χ4v) is 1.82. The zero-order valence-corrected chi connectivity index (χ0v) is 9.57. The van der Waals surface area contributed by atoms with Crippen molar-refractivity contribution in [2.75, 3.05) is 5.32 Å². The molecule has 0 atom stereocenters. The van der Waals surface area contributed by atoms with E-state index >= 15 is 0 Å². The van der Waals surface area contributed by atoms with Crippen molar-refractivity contribution in [1.29, 1.82) is 0 Å². The van der Waals surface area contributed by atoms with Crippen molar-refractivity contribution in [2.45, 2.75) is 0 Å². The van der Waals surface area contributed by atoms with E-state index in [9.17, 15) is 0 Å². The molecule has 3 aromatic rings. The maximum absolute atomic E-state index is 5.77. The third-order valence-electron chi connectivity index (χ3n) is 2.43. The van der Waals surface area contributed by atoms with Crippen LogP contribution in [0.3, 0.4) is 0 Å². The second kappa shape index (κ2) is 4.07.